The highest BCUT2D eigenvalue weighted by Gasteiger charge is 2.68. The zero-order valence-electron chi connectivity index (χ0n) is 10.1. The summed E-state index contributed by atoms with van der Waals surface area (Å²) in [5.41, 5.74) is -0.292. The van der Waals surface area contributed by atoms with Gasteiger partial charge in [-0.25, -0.2) is 4.79 Å². The first-order chi connectivity index (χ1) is 7.28. The van der Waals surface area contributed by atoms with Crippen LogP contribution in [0.2, 0.25) is 0 Å². The fraction of sp³-hybridized carbons (Fsp3) is 0.833. The minimum Gasteiger partial charge on any atom is -0.444 e. The summed E-state index contributed by atoms with van der Waals surface area (Å²) >= 11 is 0. The minimum atomic E-state index is -0.447. The molecule has 4 heteroatoms. The molecule has 0 aliphatic heterocycles. The molecule has 16 heavy (non-hydrogen) atoms. The van der Waals surface area contributed by atoms with Crippen LogP contribution in [-0.2, 0) is 4.74 Å². The number of hydrogen-bond acceptors (Lipinski definition) is 3. The number of carbonyl (C=O) groups is 1. The van der Waals surface area contributed by atoms with Gasteiger partial charge in [0.2, 0.25) is 0 Å². The molecule has 0 spiro atoms. The van der Waals surface area contributed by atoms with Crippen molar-refractivity contribution in [3.05, 3.63) is 0 Å². The van der Waals surface area contributed by atoms with Gasteiger partial charge in [0.15, 0.2) is 0 Å². The second kappa shape index (κ2) is 3.13. The molecule has 3 aliphatic carbocycles. The predicted molar refractivity (Wildman–Crippen MR) is 58.6 cm³/mol. The first kappa shape index (κ1) is 11.3. The lowest BCUT2D eigenvalue weighted by Gasteiger charge is -2.67. The molecule has 88 valence electrons. The summed E-state index contributed by atoms with van der Waals surface area (Å²) in [5, 5.41) is 11.7. The van der Waals surface area contributed by atoms with Crippen LogP contribution < -0.4 is 5.32 Å². The molecule has 4 nitrogen and oxygen atoms in total. The second-order valence-corrected chi connectivity index (χ2v) is 6.28. The smallest absolute Gasteiger partial charge is 0.407 e. The van der Waals surface area contributed by atoms with Gasteiger partial charge in [0.05, 0.1) is 11.5 Å². The Bertz CT molecular complexity index is 342. The molecule has 3 aliphatic rings. The average Bonchev–Trinajstić information content (AvgIpc) is 1.96. The highest BCUT2D eigenvalue weighted by atomic mass is 16.6. The molecule has 0 aromatic heterocycles. The number of nitrogens with one attached hydrogen (secondary N) is 1. The van der Waals surface area contributed by atoms with Crippen LogP contribution in [0.1, 0.15) is 40.0 Å². The van der Waals surface area contributed by atoms with Crippen molar-refractivity contribution in [1.82, 2.24) is 5.32 Å². The predicted octanol–water partition coefficient (Wildman–Crippen LogP) is 2.20. The van der Waals surface area contributed by atoms with Crippen LogP contribution in [0.15, 0.2) is 0 Å². The number of carbonyl (C=O) groups excluding carboxylic acids is 1. The second-order valence-electron chi connectivity index (χ2n) is 6.28. The first-order valence-corrected chi connectivity index (χ1v) is 5.66. The molecule has 3 rings (SSSR count). The summed E-state index contributed by atoms with van der Waals surface area (Å²) in [4.78, 5) is 11.4. The lowest BCUT2D eigenvalue weighted by Crippen LogP contribution is -2.65. The van der Waals surface area contributed by atoms with Gasteiger partial charge in [0.25, 0.3) is 0 Å². The highest BCUT2D eigenvalue weighted by molar-refractivity contribution is 5.67. The summed E-state index contributed by atoms with van der Waals surface area (Å²) < 4.78 is 5.16. The van der Waals surface area contributed by atoms with Crippen LogP contribution in [0.3, 0.4) is 0 Å². The molecule has 0 heterocycles. The molecule has 0 unspecified atom stereocenters. The van der Waals surface area contributed by atoms with Crippen molar-refractivity contribution in [1.29, 1.82) is 5.26 Å². The van der Waals surface area contributed by atoms with Crippen LogP contribution in [0.4, 0.5) is 4.79 Å². The number of ether oxygens (including phenoxy) is 1. The maximum Gasteiger partial charge on any atom is 0.407 e. The van der Waals surface area contributed by atoms with Crippen LogP contribution >= 0.6 is 0 Å². The van der Waals surface area contributed by atoms with Crippen molar-refractivity contribution in [2.75, 3.05) is 6.54 Å². The number of amides is 1. The van der Waals surface area contributed by atoms with Gasteiger partial charge in [-0.05, 0) is 45.4 Å². The standard InChI is InChI=1S/C12H18N2O2/c1-10(2,3)16-9(15)14-8-12-4-11(5-12,6-12)7-13/h4-6,8H2,1-3H3,(H,14,15). The third-order valence-corrected chi connectivity index (χ3v) is 3.38. The van der Waals surface area contributed by atoms with Crippen molar-refractivity contribution in [3.8, 4) is 6.07 Å². The van der Waals surface area contributed by atoms with Crippen LogP contribution in [0.25, 0.3) is 0 Å². The Morgan fingerprint density at radius 3 is 2.44 bits per heavy atom. The Morgan fingerprint density at radius 2 is 2.00 bits per heavy atom. The van der Waals surface area contributed by atoms with Crippen LogP contribution in [0.5, 0.6) is 0 Å². The summed E-state index contributed by atoms with van der Waals surface area (Å²) in [5.74, 6) is 0. The summed E-state index contributed by atoms with van der Waals surface area (Å²) in [6, 6.07) is 2.35. The van der Waals surface area contributed by atoms with E-state index in [2.05, 4.69) is 11.4 Å². The topological polar surface area (TPSA) is 62.1 Å². The quantitative estimate of drug-likeness (QED) is 0.779. The van der Waals surface area contributed by atoms with E-state index in [4.69, 9.17) is 10.00 Å². The van der Waals surface area contributed by atoms with Gasteiger partial charge in [-0.2, -0.15) is 5.26 Å². The van der Waals surface area contributed by atoms with Gasteiger partial charge in [-0.15, -0.1) is 0 Å². The average molecular weight is 222 g/mol. The van der Waals surface area contributed by atoms with E-state index in [9.17, 15) is 4.79 Å². The zero-order chi connectivity index (χ0) is 12.0. The third kappa shape index (κ3) is 1.87. The maximum absolute atomic E-state index is 11.4. The van der Waals surface area contributed by atoms with Crippen molar-refractivity contribution in [3.63, 3.8) is 0 Å². The molecule has 0 radical (unpaired) electrons. The molecule has 0 saturated heterocycles. The normalized spacial score (nSPS) is 35.4. The first-order valence-electron chi connectivity index (χ1n) is 5.66. The largest absolute Gasteiger partial charge is 0.444 e. The molecule has 1 amide bonds. The van der Waals surface area contributed by atoms with Gasteiger partial charge in [0.1, 0.15) is 5.60 Å². The molecule has 1 N–H and O–H groups in total. The van der Waals surface area contributed by atoms with Crippen LogP contribution in [0, 0.1) is 22.2 Å². The van der Waals surface area contributed by atoms with Gasteiger partial charge in [-0.3, -0.25) is 0 Å². The molecule has 3 saturated carbocycles. The van der Waals surface area contributed by atoms with E-state index in [0.29, 0.717) is 6.54 Å². The van der Waals surface area contributed by atoms with E-state index < -0.39 is 5.60 Å². The van der Waals surface area contributed by atoms with E-state index in [1.165, 1.54) is 0 Å². The van der Waals surface area contributed by atoms with Crippen LogP contribution in [-0.4, -0.2) is 18.2 Å². The Balaban J connectivity index is 1.71. The molecule has 0 aromatic rings. The number of hydrogen-bond donors (Lipinski definition) is 1. The Kier molecular flexibility index (Phi) is 2.20. The lowest BCUT2D eigenvalue weighted by atomic mass is 9.36. The highest BCUT2D eigenvalue weighted by Crippen LogP contribution is 2.72. The summed E-state index contributed by atoms with van der Waals surface area (Å²) in [6.45, 7) is 6.18. The SMILES string of the molecule is CC(C)(C)OC(=O)NCC12CC(C#N)(C1)C2. The molecule has 0 atom stereocenters. The van der Waals surface area contributed by atoms with E-state index in [-0.39, 0.29) is 16.9 Å². The van der Waals surface area contributed by atoms with Crippen molar-refractivity contribution < 1.29 is 9.53 Å². The van der Waals surface area contributed by atoms with Crippen molar-refractivity contribution in [2.24, 2.45) is 10.8 Å². The monoisotopic (exact) mass is 222 g/mol. The molecule has 3 fully saturated rings. The van der Waals surface area contributed by atoms with Gasteiger partial charge < -0.3 is 10.1 Å². The molecular formula is C12H18N2O2. The van der Waals surface area contributed by atoms with E-state index in [1.807, 2.05) is 20.8 Å². The lowest BCUT2D eigenvalue weighted by molar-refractivity contribution is -0.158. The van der Waals surface area contributed by atoms with Gasteiger partial charge in [-0.1, -0.05) is 0 Å². The van der Waals surface area contributed by atoms with E-state index in [0.717, 1.165) is 19.3 Å². The molecule has 2 bridgehead atoms. The number of alkyl carbamates (subject to hydrolysis) is 1. The Hall–Kier alpha value is -1.24. The van der Waals surface area contributed by atoms with E-state index >= 15 is 0 Å². The minimum absolute atomic E-state index is 0.0460. The number of nitriles is 1. The third-order valence-electron chi connectivity index (χ3n) is 3.38. The molecule has 0 aromatic carbocycles. The number of nitrogens with zero attached hydrogens (tertiary/aromatic N) is 1. The Labute approximate surface area is 96.0 Å². The maximum atomic E-state index is 11.4. The molecular weight excluding hydrogens is 204 g/mol. The van der Waals surface area contributed by atoms with E-state index in [1.54, 1.807) is 0 Å². The summed E-state index contributed by atoms with van der Waals surface area (Å²) in [7, 11) is 0. The fourth-order valence-corrected chi connectivity index (χ4v) is 2.88. The summed E-state index contributed by atoms with van der Waals surface area (Å²) in [6.07, 6.45) is 2.45. The number of rotatable bonds is 2. The Morgan fingerprint density at radius 1 is 1.44 bits per heavy atom. The fourth-order valence-electron chi connectivity index (χ4n) is 2.88. The zero-order valence-corrected chi connectivity index (χ0v) is 10.1. The van der Waals surface area contributed by atoms with Gasteiger partial charge >= 0.3 is 6.09 Å². The van der Waals surface area contributed by atoms with Crippen molar-refractivity contribution in [2.45, 2.75) is 45.6 Å². The van der Waals surface area contributed by atoms with Gasteiger partial charge in [0, 0.05) is 6.54 Å². The van der Waals surface area contributed by atoms with Crippen molar-refractivity contribution >= 4 is 6.09 Å².